The molecule has 102 valence electrons. The summed E-state index contributed by atoms with van der Waals surface area (Å²) in [5, 5.41) is 4.91. The lowest BCUT2D eigenvalue weighted by Gasteiger charge is -2.25. The van der Waals surface area contributed by atoms with Gasteiger partial charge in [0.1, 0.15) is 5.69 Å². The maximum atomic E-state index is 5.78. The van der Waals surface area contributed by atoms with E-state index >= 15 is 0 Å². The fraction of sp³-hybridized carbons (Fsp3) is 0.750. The molecule has 18 heavy (non-hydrogen) atoms. The SMILES string of the molecule is COc1cnn(C(C)C)c1C(NN)C1CCCS1. The second-order valence-corrected chi connectivity index (χ2v) is 6.18. The lowest BCUT2D eigenvalue weighted by atomic mass is 10.1. The van der Waals surface area contributed by atoms with E-state index in [4.69, 9.17) is 10.6 Å². The fourth-order valence-corrected chi connectivity index (χ4v) is 3.82. The van der Waals surface area contributed by atoms with Crippen LogP contribution in [-0.2, 0) is 0 Å². The van der Waals surface area contributed by atoms with Crippen molar-refractivity contribution in [3.05, 3.63) is 11.9 Å². The molecule has 5 nitrogen and oxygen atoms in total. The van der Waals surface area contributed by atoms with Gasteiger partial charge in [-0.05, 0) is 32.4 Å². The summed E-state index contributed by atoms with van der Waals surface area (Å²) in [6.07, 6.45) is 4.22. The van der Waals surface area contributed by atoms with E-state index in [2.05, 4.69) is 24.4 Å². The van der Waals surface area contributed by atoms with Gasteiger partial charge in [0.05, 0.1) is 19.3 Å². The minimum atomic E-state index is 0.0948. The van der Waals surface area contributed by atoms with E-state index in [0.717, 1.165) is 11.4 Å². The summed E-state index contributed by atoms with van der Waals surface area (Å²) in [5.41, 5.74) is 4.02. The first kappa shape index (κ1) is 13.7. The van der Waals surface area contributed by atoms with Gasteiger partial charge in [0.2, 0.25) is 0 Å². The third-order valence-corrected chi connectivity index (χ3v) is 4.78. The van der Waals surface area contributed by atoms with Crippen LogP contribution in [0.5, 0.6) is 5.75 Å². The zero-order valence-corrected chi connectivity index (χ0v) is 12.0. The number of hydrazine groups is 1. The van der Waals surface area contributed by atoms with Crippen LogP contribution in [0, 0.1) is 0 Å². The van der Waals surface area contributed by atoms with Gasteiger partial charge in [-0.2, -0.15) is 16.9 Å². The zero-order valence-electron chi connectivity index (χ0n) is 11.2. The van der Waals surface area contributed by atoms with Crippen molar-refractivity contribution >= 4 is 11.8 Å². The van der Waals surface area contributed by atoms with Crippen molar-refractivity contribution in [3.8, 4) is 5.75 Å². The Kier molecular flexibility index (Phi) is 4.53. The number of nitrogens with two attached hydrogens (primary N) is 1. The molecule has 0 aliphatic carbocycles. The number of nitrogens with zero attached hydrogens (tertiary/aromatic N) is 2. The third-order valence-electron chi connectivity index (χ3n) is 3.32. The Morgan fingerprint density at radius 2 is 2.39 bits per heavy atom. The predicted molar refractivity (Wildman–Crippen MR) is 74.7 cm³/mol. The molecule has 1 aliphatic heterocycles. The standard InChI is InChI=1S/C12H22N4OS/c1-8(2)16-12(9(17-3)7-14-16)11(15-13)10-5-4-6-18-10/h7-8,10-11,15H,4-6,13H2,1-3H3. The lowest BCUT2D eigenvalue weighted by Crippen LogP contribution is -2.36. The number of aromatic nitrogens is 2. The van der Waals surface area contributed by atoms with Gasteiger partial charge in [-0.1, -0.05) is 0 Å². The maximum Gasteiger partial charge on any atom is 0.161 e. The van der Waals surface area contributed by atoms with Crippen LogP contribution in [0.25, 0.3) is 0 Å². The first-order valence-corrected chi connectivity index (χ1v) is 7.43. The van der Waals surface area contributed by atoms with Gasteiger partial charge in [0.25, 0.3) is 0 Å². The molecule has 2 heterocycles. The highest BCUT2D eigenvalue weighted by molar-refractivity contribution is 8.00. The Morgan fingerprint density at radius 1 is 1.61 bits per heavy atom. The van der Waals surface area contributed by atoms with Crippen LogP contribution in [0.15, 0.2) is 6.20 Å². The molecule has 2 atom stereocenters. The summed E-state index contributed by atoms with van der Waals surface area (Å²) in [6, 6.07) is 0.392. The Labute approximate surface area is 112 Å². The second-order valence-electron chi connectivity index (χ2n) is 4.83. The summed E-state index contributed by atoms with van der Waals surface area (Å²) >= 11 is 1.97. The first-order valence-electron chi connectivity index (χ1n) is 6.38. The number of thioether (sulfide) groups is 1. The summed E-state index contributed by atoms with van der Waals surface area (Å²) < 4.78 is 7.43. The second kappa shape index (κ2) is 5.95. The zero-order chi connectivity index (χ0) is 13.1. The quantitative estimate of drug-likeness (QED) is 0.631. The minimum absolute atomic E-state index is 0.0948. The van der Waals surface area contributed by atoms with Gasteiger partial charge >= 0.3 is 0 Å². The third kappa shape index (κ3) is 2.50. The molecule has 0 amide bonds. The van der Waals surface area contributed by atoms with Crippen molar-refractivity contribution in [3.63, 3.8) is 0 Å². The lowest BCUT2D eigenvalue weighted by molar-refractivity contribution is 0.380. The highest BCUT2D eigenvalue weighted by atomic mass is 32.2. The van der Waals surface area contributed by atoms with Crippen LogP contribution in [0.2, 0.25) is 0 Å². The molecular weight excluding hydrogens is 248 g/mol. The van der Waals surface area contributed by atoms with Gasteiger partial charge in [0.15, 0.2) is 5.75 Å². The molecule has 1 saturated heterocycles. The van der Waals surface area contributed by atoms with Crippen LogP contribution in [0.3, 0.4) is 0 Å². The smallest absolute Gasteiger partial charge is 0.161 e. The Balaban J connectivity index is 2.35. The number of hydrogen-bond acceptors (Lipinski definition) is 5. The fourth-order valence-electron chi connectivity index (χ4n) is 2.45. The van der Waals surface area contributed by atoms with Crippen molar-refractivity contribution < 1.29 is 4.74 Å². The average molecular weight is 270 g/mol. The molecule has 1 aromatic rings. The molecule has 1 aromatic heterocycles. The van der Waals surface area contributed by atoms with E-state index < -0.39 is 0 Å². The summed E-state index contributed by atoms with van der Waals surface area (Å²) in [4.78, 5) is 0. The van der Waals surface area contributed by atoms with E-state index in [1.165, 1.54) is 18.6 Å². The molecule has 2 rings (SSSR count). The van der Waals surface area contributed by atoms with Crippen LogP contribution in [0.1, 0.15) is 44.5 Å². The van der Waals surface area contributed by atoms with E-state index in [9.17, 15) is 0 Å². The maximum absolute atomic E-state index is 5.78. The molecular formula is C12H22N4OS. The monoisotopic (exact) mass is 270 g/mol. The van der Waals surface area contributed by atoms with Crippen molar-refractivity contribution in [1.29, 1.82) is 0 Å². The molecule has 0 saturated carbocycles. The molecule has 2 unspecified atom stereocenters. The van der Waals surface area contributed by atoms with Crippen molar-refractivity contribution in [2.24, 2.45) is 5.84 Å². The Bertz CT molecular complexity index is 387. The molecule has 0 spiro atoms. The largest absolute Gasteiger partial charge is 0.493 e. The number of rotatable bonds is 5. The average Bonchev–Trinajstić information content (AvgIpc) is 2.99. The first-order chi connectivity index (χ1) is 8.69. The molecule has 1 aliphatic rings. The summed E-state index contributed by atoms with van der Waals surface area (Å²) in [6.45, 7) is 4.23. The van der Waals surface area contributed by atoms with Gasteiger partial charge < -0.3 is 4.74 Å². The summed E-state index contributed by atoms with van der Waals surface area (Å²) in [5.74, 6) is 7.80. The number of ether oxygens (including phenoxy) is 1. The molecule has 0 radical (unpaired) electrons. The Morgan fingerprint density at radius 3 is 2.89 bits per heavy atom. The van der Waals surface area contributed by atoms with Crippen LogP contribution >= 0.6 is 11.8 Å². The highest BCUT2D eigenvalue weighted by Gasteiger charge is 2.31. The van der Waals surface area contributed by atoms with Crippen molar-refractivity contribution in [2.45, 2.75) is 44.0 Å². The number of hydrogen-bond donors (Lipinski definition) is 2. The topological polar surface area (TPSA) is 65.1 Å². The van der Waals surface area contributed by atoms with Crippen molar-refractivity contribution in [1.82, 2.24) is 15.2 Å². The molecule has 6 heteroatoms. The van der Waals surface area contributed by atoms with Gasteiger partial charge in [-0.25, -0.2) is 0 Å². The van der Waals surface area contributed by atoms with Crippen LogP contribution in [-0.4, -0.2) is 27.9 Å². The van der Waals surface area contributed by atoms with Gasteiger partial charge in [-0.3, -0.25) is 16.0 Å². The number of methoxy groups -OCH3 is 1. The molecule has 0 aromatic carbocycles. The van der Waals surface area contributed by atoms with E-state index in [0.29, 0.717) is 11.3 Å². The van der Waals surface area contributed by atoms with Crippen LogP contribution < -0.4 is 16.0 Å². The molecule has 1 fully saturated rings. The van der Waals surface area contributed by atoms with Crippen molar-refractivity contribution in [2.75, 3.05) is 12.9 Å². The molecule has 0 bridgehead atoms. The van der Waals surface area contributed by atoms with E-state index in [1.807, 2.05) is 16.4 Å². The minimum Gasteiger partial charge on any atom is -0.493 e. The van der Waals surface area contributed by atoms with Gasteiger partial charge in [-0.15, -0.1) is 0 Å². The van der Waals surface area contributed by atoms with Crippen LogP contribution in [0.4, 0.5) is 0 Å². The van der Waals surface area contributed by atoms with Gasteiger partial charge in [0, 0.05) is 11.3 Å². The molecule has 3 N–H and O–H groups in total. The van der Waals surface area contributed by atoms with E-state index in [-0.39, 0.29) is 6.04 Å². The normalized spacial score (nSPS) is 21.5. The van der Waals surface area contributed by atoms with E-state index in [1.54, 1.807) is 13.3 Å². The number of nitrogens with one attached hydrogen (secondary N) is 1. The predicted octanol–water partition coefficient (Wildman–Crippen LogP) is 1.87. The summed E-state index contributed by atoms with van der Waals surface area (Å²) in [7, 11) is 1.68. The highest BCUT2D eigenvalue weighted by Crippen LogP contribution is 2.39. The Hall–Kier alpha value is -0.720.